The van der Waals surface area contributed by atoms with Gasteiger partial charge in [0.05, 0.1) is 23.9 Å². The van der Waals surface area contributed by atoms with Crippen molar-refractivity contribution in [3.8, 4) is 0 Å². The topological polar surface area (TPSA) is 129 Å². The van der Waals surface area contributed by atoms with E-state index in [9.17, 15) is 19.2 Å². The number of carbonyl (C=O) groups excluding carboxylic acids is 4. The molecule has 0 spiro atoms. The molecule has 216 valence electrons. The fourth-order valence-corrected chi connectivity index (χ4v) is 4.23. The minimum Gasteiger partial charge on any atom is -0.461 e. The highest BCUT2D eigenvalue weighted by Gasteiger charge is 2.61. The Morgan fingerprint density at radius 3 is 1.23 bits per heavy atom. The minimum atomic E-state index is -1.15. The summed E-state index contributed by atoms with van der Waals surface area (Å²) in [6, 6.07) is 16.0. The first-order chi connectivity index (χ1) is 18.7. The third kappa shape index (κ3) is 9.00. The Balaban J connectivity index is 1.86. The highest BCUT2D eigenvalue weighted by atomic mass is 16.6. The van der Waals surface area contributed by atoms with Gasteiger partial charge < -0.3 is 29.6 Å². The number of hydrogen-bond acceptors (Lipinski definition) is 8. The highest BCUT2D eigenvalue weighted by molar-refractivity contribution is 5.88. The Morgan fingerprint density at radius 1 is 0.600 bits per heavy atom. The molecule has 2 aromatic carbocycles. The Hall–Kier alpha value is -4.08. The number of alkyl carbamates (subject to hydrolysis) is 2. The van der Waals surface area contributed by atoms with Gasteiger partial charge in [0, 0.05) is 0 Å². The van der Waals surface area contributed by atoms with Gasteiger partial charge in [-0.1, -0.05) is 60.7 Å². The lowest BCUT2D eigenvalue weighted by Gasteiger charge is -2.48. The molecule has 0 heterocycles. The molecular weight excluding hydrogens is 516 g/mol. The van der Waals surface area contributed by atoms with E-state index in [-0.39, 0.29) is 13.2 Å². The van der Waals surface area contributed by atoms with Crippen LogP contribution in [0.4, 0.5) is 9.59 Å². The smallest absolute Gasteiger partial charge is 0.407 e. The van der Waals surface area contributed by atoms with Crippen LogP contribution in [-0.2, 0) is 41.8 Å². The lowest BCUT2D eigenvalue weighted by molar-refractivity contribution is -0.174. The molecule has 0 aliphatic heterocycles. The Kier molecular flexibility index (Phi) is 9.78. The van der Waals surface area contributed by atoms with Crippen LogP contribution in [0, 0.1) is 11.8 Å². The van der Waals surface area contributed by atoms with E-state index in [0.29, 0.717) is 0 Å². The monoisotopic (exact) mass is 554 g/mol. The average Bonchev–Trinajstić information content (AvgIpc) is 2.85. The number of rotatable bonds is 8. The van der Waals surface area contributed by atoms with Gasteiger partial charge in [-0.2, -0.15) is 0 Å². The standard InChI is InChI=1S/C30H38N2O8/c1-29(2,3)39-27(35)31-23-21(25(33)37-17-19-13-9-7-10-14-19)22(24(23)32-28(36)40-30(4,5)6)26(34)38-18-20-15-11-8-12-16-20/h7-16,21-24H,17-18H2,1-6H3,(H,31,35)(H,32,36). The number of nitrogens with one attached hydrogen (secondary N) is 2. The van der Waals surface area contributed by atoms with Gasteiger partial charge in [-0.25, -0.2) is 9.59 Å². The predicted molar refractivity (Wildman–Crippen MR) is 146 cm³/mol. The van der Waals surface area contributed by atoms with Gasteiger partial charge in [-0.3, -0.25) is 9.59 Å². The predicted octanol–water partition coefficient (Wildman–Crippen LogP) is 4.51. The van der Waals surface area contributed by atoms with Crippen LogP contribution in [0.25, 0.3) is 0 Å². The highest BCUT2D eigenvalue weighted by Crippen LogP contribution is 2.38. The molecule has 10 heteroatoms. The van der Waals surface area contributed by atoms with Crippen molar-refractivity contribution in [3.63, 3.8) is 0 Å². The van der Waals surface area contributed by atoms with Crippen molar-refractivity contribution in [1.29, 1.82) is 0 Å². The van der Waals surface area contributed by atoms with Crippen LogP contribution in [-0.4, -0.2) is 47.4 Å². The molecule has 1 saturated carbocycles. The van der Waals surface area contributed by atoms with Gasteiger partial charge in [0.25, 0.3) is 0 Å². The van der Waals surface area contributed by atoms with E-state index in [1.54, 1.807) is 65.8 Å². The van der Waals surface area contributed by atoms with Gasteiger partial charge in [0.2, 0.25) is 0 Å². The molecule has 4 unspecified atom stereocenters. The SMILES string of the molecule is CC(C)(C)OC(=O)NC1C(NC(=O)OC(C)(C)C)C(C(=O)OCc2ccccc2)C1C(=O)OCc1ccccc1. The molecule has 0 saturated heterocycles. The zero-order valence-corrected chi connectivity index (χ0v) is 23.8. The number of benzene rings is 2. The second kappa shape index (κ2) is 12.8. The van der Waals surface area contributed by atoms with E-state index in [4.69, 9.17) is 18.9 Å². The third-order valence-electron chi connectivity index (χ3n) is 5.91. The summed E-state index contributed by atoms with van der Waals surface area (Å²) in [4.78, 5) is 52.1. The molecule has 10 nitrogen and oxygen atoms in total. The summed E-state index contributed by atoms with van der Waals surface area (Å²) in [5.41, 5.74) is -0.143. The van der Waals surface area contributed by atoms with Crippen LogP contribution < -0.4 is 10.6 Å². The Bertz CT molecular complexity index is 1080. The molecule has 2 amide bonds. The summed E-state index contributed by atoms with van der Waals surface area (Å²) in [5.74, 6) is -3.76. The first-order valence-corrected chi connectivity index (χ1v) is 13.1. The summed E-state index contributed by atoms with van der Waals surface area (Å²) in [6.07, 6.45) is -1.63. The van der Waals surface area contributed by atoms with Crippen molar-refractivity contribution in [2.24, 2.45) is 11.8 Å². The Labute approximate surface area is 234 Å². The molecule has 2 aromatic rings. The molecule has 1 aliphatic carbocycles. The number of carbonyl (C=O) groups is 4. The maximum atomic E-state index is 13.4. The number of ether oxygens (including phenoxy) is 4. The molecule has 0 aromatic heterocycles. The van der Waals surface area contributed by atoms with Gasteiger partial charge in [0.15, 0.2) is 0 Å². The summed E-state index contributed by atoms with van der Waals surface area (Å²) in [5, 5.41) is 5.28. The van der Waals surface area contributed by atoms with Crippen LogP contribution in [0.2, 0.25) is 0 Å². The van der Waals surface area contributed by atoms with Crippen molar-refractivity contribution < 1.29 is 38.1 Å². The second-order valence-corrected chi connectivity index (χ2v) is 11.6. The van der Waals surface area contributed by atoms with Crippen molar-refractivity contribution in [3.05, 3.63) is 71.8 Å². The van der Waals surface area contributed by atoms with Gasteiger partial charge in [-0.05, 0) is 52.7 Å². The quantitative estimate of drug-likeness (QED) is 0.360. The maximum absolute atomic E-state index is 13.4. The normalized spacial score (nSPS) is 20.4. The van der Waals surface area contributed by atoms with Gasteiger partial charge in [-0.15, -0.1) is 0 Å². The average molecular weight is 555 g/mol. The van der Waals surface area contributed by atoms with Crippen molar-refractivity contribution in [2.45, 2.75) is 78.0 Å². The van der Waals surface area contributed by atoms with Gasteiger partial charge in [0.1, 0.15) is 24.4 Å². The number of amides is 2. The summed E-state index contributed by atoms with van der Waals surface area (Å²) >= 11 is 0. The van der Waals surface area contributed by atoms with Crippen LogP contribution in [0.3, 0.4) is 0 Å². The van der Waals surface area contributed by atoms with E-state index in [0.717, 1.165) is 11.1 Å². The zero-order chi connectivity index (χ0) is 29.5. The summed E-state index contributed by atoms with van der Waals surface area (Å²) < 4.78 is 21.8. The minimum absolute atomic E-state index is 0.0364. The van der Waals surface area contributed by atoms with E-state index in [1.807, 2.05) is 36.4 Å². The van der Waals surface area contributed by atoms with Gasteiger partial charge >= 0.3 is 24.1 Å². The van der Waals surface area contributed by atoms with Crippen molar-refractivity contribution in [1.82, 2.24) is 10.6 Å². The van der Waals surface area contributed by atoms with E-state index >= 15 is 0 Å². The van der Waals surface area contributed by atoms with E-state index < -0.39 is 59.2 Å². The molecular formula is C30H38N2O8. The van der Waals surface area contributed by atoms with Crippen molar-refractivity contribution in [2.75, 3.05) is 0 Å². The van der Waals surface area contributed by atoms with E-state index in [2.05, 4.69) is 10.6 Å². The molecule has 4 atom stereocenters. The molecule has 40 heavy (non-hydrogen) atoms. The molecule has 1 aliphatic rings. The molecule has 3 rings (SSSR count). The van der Waals surface area contributed by atoms with Crippen LogP contribution in [0.15, 0.2) is 60.7 Å². The molecule has 2 N–H and O–H groups in total. The molecule has 0 radical (unpaired) electrons. The number of hydrogen-bond donors (Lipinski definition) is 2. The first-order valence-electron chi connectivity index (χ1n) is 13.1. The maximum Gasteiger partial charge on any atom is 0.407 e. The van der Waals surface area contributed by atoms with Crippen LogP contribution >= 0.6 is 0 Å². The third-order valence-corrected chi connectivity index (χ3v) is 5.91. The largest absolute Gasteiger partial charge is 0.461 e. The first kappa shape index (κ1) is 30.5. The molecule has 0 bridgehead atoms. The summed E-state index contributed by atoms with van der Waals surface area (Å²) in [6.45, 7) is 10.1. The fraction of sp³-hybridized carbons (Fsp3) is 0.467. The van der Waals surface area contributed by atoms with E-state index in [1.165, 1.54) is 0 Å². The number of esters is 2. The van der Waals surface area contributed by atoms with Crippen molar-refractivity contribution >= 4 is 24.1 Å². The lowest BCUT2D eigenvalue weighted by atomic mass is 9.64. The lowest BCUT2D eigenvalue weighted by Crippen LogP contribution is -2.73. The zero-order valence-electron chi connectivity index (χ0n) is 23.8. The second-order valence-electron chi connectivity index (χ2n) is 11.6. The Morgan fingerprint density at radius 2 is 0.925 bits per heavy atom. The molecule has 1 fully saturated rings. The van der Waals surface area contributed by atoms with Crippen LogP contribution in [0.5, 0.6) is 0 Å². The van der Waals surface area contributed by atoms with Crippen LogP contribution in [0.1, 0.15) is 52.7 Å². The fourth-order valence-electron chi connectivity index (χ4n) is 4.23. The summed E-state index contributed by atoms with van der Waals surface area (Å²) in [7, 11) is 0.